The summed E-state index contributed by atoms with van der Waals surface area (Å²) in [6.07, 6.45) is 25.1. The Morgan fingerprint density at radius 1 is 0.909 bits per heavy atom. The predicted octanol–water partition coefficient (Wildman–Crippen LogP) is 9.42. The van der Waals surface area contributed by atoms with Gasteiger partial charge >= 0.3 is 11.9 Å². The number of cyclic esters (lactones) is 1. The summed E-state index contributed by atoms with van der Waals surface area (Å²) in [5, 5.41) is 41.7. The molecule has 1 aromatic carbocycles. The van der Waals surface area contributed by atoms with Crippen molar-refractivity contribution in [2.45, 2.75) is 183 Å². The van der Waals surface area contributed by atoms with Crippen LogP contribution in [-0.4, -0.2) is 106 Å². The number of nitrogens with zero attached hydrogens (tertiary/aromatic N) is 1. The third-order valence-corrected chi connectivity index (χ3v) is 30.6. The second kappa shape index (κ2) is 18.4. The van der Waals surface area contributed by atoms with Gasteiger partial charge in [0.05, 0.1) is 54.9 Å². The summed E-state index contributed by atoms with van der Waals surface area (Å²) in [7, 11) is 0. The Labute approximate surface area is 517 Å². The van der Waals surface area contributed by atoms with E-state index >= 15 is 19.5 Å². The Kier molecular flexibility index (Phi) is 11.5. The number of carbonyl (C=O) groups is 3. The van der Waals surface area contributed by atoms with Crippen molar-refractivity contribution in [1.29, 1.82) is 0 Å². The molecule has 19 rings (SSSR count). The van der Waals surface area contributed by atoms with Crippen molar-refractivity contribution in [3.8, 4) is 11.8 Å². The van der Waals surface area contributed by atoms with E-state index in [1.165, 1.54) is 30.4 Å². The molecule has 7 aliphatic heterocycles. The molecule has 29 unspecified atom stereocenters. The molecule has 88 heavy (non-hydrogen) atoms. The average Bonchev–Trinajstić information content (AvgIpc) is 1.40. The summed E-state index contributed by atoms with van der Waals surface area (Å²) in [5.74, 6) is 6.89. The highest BCUT2D eigenvalue weighted by Crippen LogP contribution is 2.91. The number of ether oxygens (including phenoxy) is 4. The number of rotatable bonds is 9. The molecule has 29 atom stereocenters. The second-order valence-electron chi connectivity index (χ2n) is 32.9. The first-order valence-corrected chi connectivity index (χ1v) is 35.1. The van der Waals surface area contributed by atoms with Crippen LogP contribution in [0.25, 0.3) is 0 Å². The van der Waals surface area contributed by atoms with Gasteiger partial charge in [-0.15, -0.1) is 0 Å². The van der Waals surface area contributed by atoms with Gasteiger partial charge in [0.2, 0.25) is 0 Å². The molecule has 10 aliphatic carbocycles. The van der Waals surface area contributed by atoms with Crippen LogP contribution in [0.15, 0.2) is 83.2 Å². The SMILES string of the molecule is CC1C(C2C=C3CC4CCCC45CC4CC6(C)C7(c8ccoc8CC(C(O)CO)C8CCC9C(C=CN%10CNCC9%10)C8)CC#CC8CCC(Cc9ccccc9)CC8C8(C(O)C(=O)C9C2(C)OC32C5C(=O)OCC92C48)C62OC2C(=O)O7)C=CC2CCCC21. The van der Waals surface area contributed by atoms with E-state index < -0.39 is 98.6 Å². The molecule has 5 saturated heterocycles. The molecule has 13 heteroatoms. The van der Waals surface area contributed by atoms with Gasteiger partial charge in [-0.25, -0.2) is 4.79 Å². The second-order valence-corrected chi connectivity index (χ2v) is 32.9. The summed E-state index contributed by atoms with van der Waals surface area (Å²) in [5.41, 5.74) is -6.29. The van der Waals surface area contributed by atoms with Gasteiger partial charge in [0, 0.05) is 47.2 Å². The minimum absolute atomic E-state index is 0.00784. The highest BCUT2D eigenvalue weighted by atomic mass is 16.7. The van der Waals surface area contributed by atoms with Crippen molar-refractivity contribution in [2.24, 2.45) is 122 Å². The Morgan fingerprint density at radius 2 is 1.78 bits per heavy atom. The molecular weight excluding hydrogens is 1100 g/mol. The molecule has 0 radical (unpaired) electrons. The van der Waals surface area contributed by atoms with Crippen LogP contribution in [0.5, 0.6) is 0 Å². The van der Waals surface area contributed by atoms with Crippen LogP contribution in [0.4, 0.5) is 0 Å². The Balaban J connectivity index is 0.826. The molecular formula is C75H90N2O11. The first-order chi connectivity index (χ1) is 42.6. The van der Waals surface area contributed by atoms with Crippen molar-refractivity contribution in [1.82, 2.24) is 10.2 Å². The number of fused-ring (bicyclic) bond motifs is 7. The lowest BCUT2D eigenvalue weighted by molar-refractivity contribution is -0.315. The van der Waals surface area contributed by atoms with Crippen molar-refractivity contribution in [3.05, 3.63) is 95.6 Å². The van der Waals surface area contributed by atoms with Crippen molar-refractivity contribution < 1.29 is 53.1 Å². The average molecular weight is 1200 g/mol. The number of hydrogen-bond acceptors (Lipinski definition) is 13. The summed E-state index contributed by atoms with van der Waals surface area (Å²) < 4.78 is 37.5. The predicted molar refractivity (Wildman–Crippen MR) is 322 cm³/mol. The third kappa shape index (κ3) is 6.29. The maximum absolute atomic E-state index is 17.7. The zero-order valence-electron chi connectivity index (χ0n) is 51.7. The number of ketones is 1. The highest BCUT2D eigenvalue weighted by Gasteiger charge is 3.00. The topological polar surface area (TPSA) is 181 Å². The molecule has 9 bridgehead atoms. The fourth-order valence-corrected chi connectivity index (χ4v) is 27.9. The van der Waals surface area contributed by atoms with Crippen LogP contribution >= 0.6 is 0 Å². The van der Waals surface area contributed by atoms with Gasteiger partial charge in [-0.2, -0.15) is 0 Å². The van der Waals surface area contributed by atoms with E-state index in [0.717, 1.165) is 77.4 Å². The summed E-state index contributed by atoms with van der Waals surface area (Å²) in [6, 6.07) is 13.2. The van der Waals surface area contributed by atoms with E-state index in [2.05, 4.69) is 104 Å². The molecule has 17 aliphatic rings. The van der Waals surface area contributed by atoms with Crippen LogP contribution in [0.2, 0.25) is 0 Å². The number of carbonyl (C=O) groups excluding carboxylic acids is 3. The first kappa shape index (κ1) is 55.1. The van der Waals surface area contributed by atoms with Crippen LogP contribution in [0, 0.1) is 134 Å². The fourth-order valence-electron chi connectivity index (χ4n) is 27.9. The lowest BCUT2D eigenvalue weighted by Crippen LogP contribution is -2.83. The summed E-state index contributed by atoms with van der Waals surface area (Å²) in [6.45, 7) is 8.39. The van der Waals surface area contributed by atoms with Crippen LogP contribution in [0.1, 0.15) is 140 Å². The zero-order valence-corrected chi connectivity index (χ0v) is 51.7. The largest absolute Gasteiger partial charge is 0.469 e. The van der Waals surface area contributed by atoms with Crippen molar-refractivity contribution in [3.63, 3.8) is 0 Å². The standard InChI is InChI=1S/C75H90N2O11/c1-40-50-15-7-12-43(50)18-20-51(40)56-32-49-31-48-14-9-24-70(48)35-47-34-68(2)72(54-23-27-84-59(54)33-53(58(79)37-78)45-19-21-52-46(30-45)22-26-77-39-76-36-57(52)77)25-8-13-44-17-16-42(28-41-10-5-4-6-11-41)29-55(44)73(75(68)65(86-75)67(83)87-72)61(47)71-38-85-66(82)63(70)74(49,71)88-69(56,3)62(71)60(80)64(73)81/h4-6,10-11,18,20,22-23,26-27,32,40,42-48,50-53,55-58,61-65,76,78-79,81H,7,9,12,14-17,19,21,24-25,28-31,33-39H2,1-3H3. The summed E-state index contributed by atoms with van der Waals surface area (Å²) in [4.78, 5) is 52.2. The Bertz CT molecular complexity index is 3470. The smallest absolute Gasteiger partial charge is 0.339 e. The quantitative estimate of drug-likeness (QED) is 0.0808. The number of allylic oxidation sites excluding steroid dienone is 3. The number of benzene rings is 1. The van der Waals surface area contributed by atoms with E-state index in [1.54, 1.807) is 6.26 Å². The minimum atomic E-state index is -1.58. The normalized spacial score (nSPS) is 53.5. The van der Waals surface area contributed by atoms with E-state index in [9.17, 15) is 10.2 Å². The van der Waals surface area contributed by atoms with E-state index in [0.29, 0.717) is 72.6 Å². The van der Waals surface area contributed by atoms with Gasteiger partial charge in [-0.3, -0.25) is 14.9 Å². The van der Waals surface area contributed by atoms with Gasteiger partial charge in [0.15, 0.2) is 17.5 Å². The minimum Gasteiger partial charge on any atom is -0.469 e. The van der Waals surface area contributed by atoms with Crippen molar-refractivity contribution in [2.75, 3.05) is 26.4 Å². The molecule has 4 N–H and O–H groups in total. The fraction of sp³-hybridized carbons (Fsp3) is 0.720. The summed E-state index contributed by atoms with van der Waals surface area (Å²) >= 11 is 0. The third-order valence-electron chi connectivity index (χ3n) is 30.6. The van der Waals surface area contributed by atoms with Gasteiger partial charge in [0.1, 0.15) is 29.7 Å². The molecule has 466 valence electrons. The molecule has 1 aromatic heterocycles. The number of hydrogen-bond donors (Lipinski definition) is 4. The molecule has 13 fully saturated rings. The Hall–Kier alpha value is -4.55. The van der Waals surface area contributed by atoms with Crippen LogP contribution in [-0.2, 0) is 51.8 Å². The number of esters is 2. The van der Waals surface area contributed by atoms with Gasteiger partial charge in [-0.1, -0.05) is 93.2 Å². The maximum atomic E-state index is 17.7. The van der Waals surface area contributed by atoms with Gasteiger partial charge in [0.25, 0.3) is 0 Å². The maximum Gasteiger partial charge on any atom is 0.339 e. The Morgan fingerprint density at radius 3 is 2.65 bits per heavy atom. The number of furan rings is 1. The van der Waals surface area contributed by atoms with E-state index in [4.69, 9.17) is 23.4 Å². The van der Waals surface area contributed by atoms with Crippen LogP contribution in [0.3, 0.4) is 0 Å². The number of aliphatic hydroxyl groups is 3. The lowest BCUT2D eigenvalue weighted by Gasteiger charge is -2.74. The number of aliphatic hydroxyl groups excluding tert-OH is 3. The lowest BCUT2D eigenvalue weighted by atomic mass is 9.28. The molecule has 8 saturated carbocycles. The number of nitrogens with one attached hydrogen (secondary N) is 1. The molecule has 5 spiro atoms. The monoisotopic (exact) mass is 1190 g/mol. The molecule has 0 amide bonds. The number of Topliss-reactive ketones (excluding diaryl/α,β-unsaturated/α-hetero) is 1. The highest BCUT2D eigenvalue weighted by molar-refractivity contribution is 5.94. The van der Waals surface area contributed by atoms with Gasteiger partial charge < -0.3 is 43.6 Å². The molecule has 8 heterocycles. The van der Waals surface area contributed by atoms with E-state index in [-0.39, 0.29) is 72.1 Å². The van der Waals surface area contributed by atoms with Gasteiger partial charge in [-0.05, 0) is 203 Å². The molecule has 2 aromatic rings. The first-order valence-electron chi connectivity index (χ1n) is 35.1. The zero-order chi connectivity index (χ0) is 59.4. The number of epoxide rings is 1. The van der Waals surface area contributed by atoms with E-state index in [1.807, 2.05) is 6.07 Å². The molecule has 13 nitrogen and oxygen atoms in total. The van der Waals surface area contributed by atoms with Crippen molar-refractivity contribution >= 4 is 17.7 Å². The van der Waals surface area contributed by atoms with Crippen LogP contribution < -0.4 is 5.32 Å².